The minimum absolute atomic E-state index is 0.0999. The van der Waals surface area contributed by atoms with Gasteiger partial charge < -0.3 is 5.11 Å². The number of carboxylic acid groups (broad SMARTS) is 1. The average Bonchev–Trinajstić information content (AvgIpc) is 2.48. The number of aromatic nitrogens is 2. The molecule has 2 N–H and O–H groups in total. The maximum atomic E-state index is 13.3. The van der Waals surface area contributed by atoms with Crippen molar-refractivity contribution in [1.29, 1.82) is 0 Å². The fourth-order valence-corrected chi connectivity index (χ4v) is 1.56. The van der Waals surface area contributed by atoms with E-state index in [1.807, 2.05) is 0 Å². The molecule has 0 bridgehead atoms. The van der Waals surface area contributed by atoms with Crippen molar-refractivity contribution in [3.8, 4) is 0 Å². The van der Waals surface area contributed by atoms with E-state index in [1.54, 1.807) is 0 Å². The third-order valence-corrected chi connectivity index (χ3v) is 2.42. The van der Waals surface area contributed by atoms with Gasteiger partial charge in [0.05, 0.1) is 5.56 Å². The molecule has 1 heterocycles. The van der Waals surface area contributed by atoms with E-state index in [0.29, 0.717) is 9.99 Å². The first-order chi connectivity index (χ1) is 6.59. The number of aromatic carboxylic acids is 1. The molecule has 0 saturated carbocycles. The SMILES string of the molecule is O=C(O)c1cc(F)c2n[nH]c(Br)c2c1. The van der Waals surface area contributed by atoms with E-state index < -0.39 is 11.8 Å². The van der Waals surface area contributed by atoms with Gasteiger partial charge in [-0.1, -0.05) is 0 Å². The molecule has 0 radical (unpaired) electrons. The average molecular weight is 259 g/mol. The third-order valence-electron chi connectivity index (χ3n) is 1.81. The van der Waals surface area contributed by atoms with Crippen LogP contribution in [0.5, 0.6) is 0 Å². The molecule has 2 aromatic rings. The normalized spacial score (nSPS) is 10.7. The second-order valence-electron chi connectivity index (χ2n) is 2.70. The Bertz CT molecular complexity index is 523. The molecule has 6 heteroatoms. The van der Waals surface area contributed by atoms with Gasteiger partial charge >= 0.3 is 5.97 Å². The van der Waals surface area contributed by atoms with Crippen LogP contribution in [0.25, 0.3) is 10.9 Å². The number of fused-ring (bicyclic) bond motifs is 1. The van der Waals surface area contributed by atoms with Crippen molar-refractivity contribution in [3.63, 3.8) is 0 Å². The lowest BCUT2D eigenvalue weighted by molar-refractivity contribution is 0.0696. The van der Waals surface area contributed by atoms with Crippen LogP contribution in [0.4, 0.5) is 4.39 Å². The summed E-state index contributed by atoms with van der Waals surface area (Å²) in [4.78, 5) is 10.6. The number of aromatic amines is 1. The van der Waals surface area contributed by atoms with Crippen LogP contribution >= 0.6 is 15.9 Å². The third kappa shape index (κ3) is 1.27. The van der Waals surface area contributed by atoms with Crippen molar-refractivity contribution in [3.05, 3.63) is 28.1 Å². The molecule has 0 unspecified atom stereocenters. The Morgan fingerprint density at radius 1 is 1.57 bits per heavy atom. The van der Waals surface area contributed by atoms with Crippen LogP contribution in [0, 0.1) is 5.82 Å². The number of rotatable bonds is 1. The van der Waals surface area contributed by atoms with E-state index in [2.05, 4.69) is 26.1 Å². The van der Waals surface area contributed by atoms with Crippen LogP contribution in [-0.2, 0) is 0 Å². The van der Waals surface area contributed by atoms with Crippen LogP contribution in [0.1, 0.15) is 10.4 Å². The maximum absolute atomic E-state index is 13.3. The van der Waals surface area contributed by atoms with Crippen LogP contribution in [0.2, 0.25) is 0 Å². The van der Waals surface area contributed by atoms with Crippen molar-refractivity contribution in [2.24, 2.45) is 0 Å². The molecule has 14 heavy (non-hydrogen) atoms. The second kappa shape index (κ2) is 3.06. The number of benzene rings is 1. The number of nitrogens with zero attached hydrogens (tertiary/aromatic N) is 1. The quantitative estimate of drug-likeness (QED) is 0.824. The molecule has 2 rings (SSSR count). The van der Waals surface area contributed by atoms with E-state index >= 15 is 0 Å². The highest BCUT2D eigenvalue weighted by Gasteiger charge is 2.12. The van der Waals surface area contributed by atoms with Crippen LogP contribution in [0.15, 0.2) is 16.7 Å². The molecule has 0 fully saturated rings. The molecule has 72 valence electrons. The van der Waals surface area contributed by atoms with Gasteiger partial charge in [0, 0.05) is 5.39 Å². The Balaban J connectivity index is 2.82. The Morgan fingerprint density at radius 3 is 2.93 bits per heavy atom. The first kappa shape index (κ1) is 9.14. The van der Waals surface area contributed by atoms with Crippen molar-refractivity contribution in [2.45, 2.75) is 0 Å². The van der Waals surface area contributed by atoms with E-state index in [1.165, 1.54) is 6.07 Å². The molecule has 0 atom stereocenters. The number of H-pyrrole nitrogens is 1. The zero-order valence-electron chi connectivity index (χ0n) is 6.71. The number of halogens is 2. The first-order valence-electron chi connectivity index (χ1n) is 3.66. The summed E-state index contributed by atoms with van der Waals surface area (Å²) in [7, 11) is 0. The van der Waals surface area contributed by atoms with Gasteiger partial charge in [-0.15, -0.1) is 0 Å². The topological polar surface area (TPSA) is 66.0 Å². The van der Waals surface area contributed by atoms with E-state index in [9.17, 15) is 9.18 Å². The molecule has 0 spiro atoms. The fraction of sp³-hybridized carbons (Fsp3) is 0. The Labute approximate surface area is 85.9 Å². The summed E-state index contributed by atoms with van der Waals surface area (Å²) < 4.78 is 13.7. The van der Waals surface area contributed by atoms with Crippen molar-refractivity contribution >= 4 is 32.8 Å². The van der Waals surface area contributed by atoms with Gasteiger partial charge in [-0.2, -0.15) is 5.10 Å². The minimum Gasteiger partial charge on any atom is -0.478 e. The number of carbonyl (C=O) groups is 1. The van der Waals surface area contributed by atoms with Crippen LogP contribution in [0.3, 0.4) is 0 Å². The summed E-state index contributed by atoms with van der Waals surface area (Å²) in [6.45, 7) is 0. The van der Waals surface area contributed by atoms with Crippen molar-refractivity contribution in [1.82, 2.24) is 10.2 Å². The summed E-state index contributed by atoms with van der Waals surface area (Å²) in [5, 5.41) is 15.3. The molecule has 1 aromatic carbocycles. The van der Waals surface area contributed by atoms with E-state index in [4.69, 9.17) is 5.11 Å². The number of hydrogen-bond donors (Lipinski definition) is 2. The smallest absolute Gasteiger partial charge is 0.335 e. The fourth-order valence-electron chi connectivity index (χ4n) is 1.17. The molecular weight excluding hydrogens is 255 g/mol. The molecule has 1 aromatic heterocycles. The molecule has 0 saturated heterocycles. The lowest BCUT2D eigenvalue weighted by Crippen LogP contribution is -1.96. The van der Waals surface area contributed by atoms with Gasteiger partial charge in [0.1, 0.15) is 10.1 Å². The monoisotopic (exact) mass is 258 g/mol. The molecule has 4 nitrogen and oxygen atoms in total. The Morgan fingerprint density at radius 2 is 2.29 bits per heavy atom. The Hall–Kier alpha value is -1.43. The standard InChI is InChI=1S/C8H4BrFN2O2/c9-7-4-1-3(8(13)14)2-5(10)6(4)11-12-7/h1-2H,(H,11,12)(H,13,14). The second-order valence-corrected chi connectivity index (χ2v) is 3.49. The van der Waals surface area contributed by atoms with Gasteiger partial charge in [-0.3, -0.25) is 5.10 Å². The highest BCUT2D eigenvalue weighted by molar-refractivity contribution is 9.10. The van der Waals surface area contributed by atoms with E-state index in [-0.39, 0.29) is 11.1 Å². The first-order valence-corrected chi connectivity index (χ1v) is 4.45. The number of carboxylic acids is 1. The van der Waals surface area contributed by atoms with Gasteiger partial charge in [0.15, 0.2) is 5.82 Å². The number of hydrogen-bond acceptors (Lipinski definition) is 2. The summed E-state index contributed by atoms with van der Waals surface area (Å²) >= 11 is 3.11. The van der Waals surface area contributed by atoms with Gasteiger partial charge in [-0.05, 0) is 28.1 Å². The molecule has 0 aliphatic carbocycles. The predicted octanol–water partition coefficient (Wildman–Crippen LogP) is 2.16. The van der Waals surface area contributed by atoms with Crippen molar-refractivity contribution < 1.29 is 14.3 Å². The highest BCUT2D eigenvalue weighted by atomic mass is 79.9. The largest absolute Gasteiger partial charge is 0.478 e. The summed E-state index contributed by atoms with van der Waals surface area (Å²) in [5.74, 6) is -1.82. The van der Waals surface area contributed by atoms with Gasteiger partial charge in [-0.25, -0.2) is 9.18 Å². The zero-order valence-corrected chi connectivity index (χ0v) is 8.30. The van der Waals surface area contributed by atoms with E-state index in [0.717, 1.165) is 6.07 Å². The molecule has 0 aliphatic rings. The van der Waals surface area contributed by atoms with Gasteiger partial charge in [0.25, 0.3) is 0 Å². The summed E-state index contributed by atoms with van der Waals surface area (Å²) in [6, 6.07) is 2.30. The maximum Gasteiger partial charge on any atom is 0.335 e. The van der Waals surface area contributed by atoms with Crippen LogP contribution in [-0.4, -0.2) is 21.3 Å². The lowest BCUT2D eigenvalue weighted by Gasteiger charge is -1.95. The molecular formula is C8H4BrFN2O2. The van der Waals surface area contributed by atoms with Crippen LogP contribution < -0.4 is 0 Å². The Kier molecular flexibility index (Phi) is 1.99. The summed E-state index contributed by atoms with van der Waals surface area (Å²) in [6.07, 6.45) is 0. The lowest BCUT2D eigenvalue weighted by atomic mass is 10.1. The highest BCUT2D eigenvalue weighted by Crippen LogP contribution is 2.24. The minimum atomic E-state index is -1.17. The summed E-state index contributed by atoms with van der Waals surface area (Å²) in [5.41, 5.74) is 0.0268. The zero-order chi connectivity index (χ0) is 10.3. The molecule has 0 amide bonds. The van der Waals surface area contributed by atoms with Gasteiger partial charge in [0.2, 0.25) is 0 Å². The molecule has 0 aliphatic heterocycles. The number of nitrogens with one attached hydrogen (secondary N) is 1. The predicted molar refractivity (Wildman–Crippen MR) is 50.7 cm³/mol. The van der Waals surface area contributed by atoms with Crippen molar-refractivity contribution in [2.75, 3.05) is 0 Å².